The van der Waals surface area contributed by atoms with Crippen LogP contribution in [0.3, 0.4) is 0 Å². The van der Waals surface area contributed by atoms with E-state index in [9.17, 15) is 28.8 Å². The molecule has 6 rings (SSSR count). The predicted molar refractivity (Wildman–Crippen MR) is 257 cm³/mol. The molecule has 6 N–H and O–H groups in total. The van der Waals surface area contributed by atoms with Crippen LogP contribution >= 0.6 is 0 Å². The van der Waals surface area contributed by atoms with Crippen molar-refractivity contribution in [2.24, 2.45) is 0 Å². The van der Waals surface area contributed by atoms with Crippen LogP contribution in [0.25, 0.3) is 0 Å². The van der Waals surface area contributed by atoms with Gasteiger partial charge in [-0.15, -0.1) is 0 Å². The third-order valence-corrected chi connectivity index (χ3v) is 13.0. The first-order valence-electron chi connectivity index (χ1n) is 23.3. The van der Waals surface area contributed by atoms with Gasteiger partial charge < -0.3 is 31.9 Å². The number of amides is 6. The minimum absolute atomic E-state index is 0.281. The smallest absolute Gasteiger partial charge is 0.250 e. The van der Waals surface area contributed by atoms with Gasteiger partial charge in [-0.05, 0) is 89.0 Å². The van der Waals surface area contributed by atoms with Crippen LogP contribution in [-0.4, -0.2) is 85.8 Å². The summed E-state index contributed by atoms with van der Waals surface area (Å²) in [5.41, 5.74) is 4.92. The molecule has 0 saturated carbocycles. The second-order valence-electron chi connectivity index (χ2n) is 17.5. The van der Waals surface area contributed by atoms with Gasteiger partial charge in [-0.1, -0.05) is 123 Å². The summed E-state index contributed by atoms with van der Waals surface area (Å²) in [5, 5.41) is 18.1. The zero-order chi connectivity index (χ0) is 47.3. The van der Waals surface area contributed by atoms with Crippen LogP contribution in [0.15, 0.2) is 109 Å². The molecule has 0 aromatic heterocycles. The van der Waals surface area contributed by atoms with Crippen LogP contribution in [0.4, 0.5) is 11.4 Å². The van der Waals surface area contributed by atoms with Crippen LogP contribution in [0.5, 0.6) is 0 Å². The van der Waals surface area contributed by atoms with Gasteiger partial charge in [0.1, 0.15) is 24.2 Å². The number of carbonyl (C=O) groups excluding carboxylic acids is 6. The highest BCUT2D eigenvalue weighted by molar-refractivity contribution is 6.08. The van der Waals surface area contributed by atoms with Crippen LogP contribution in [0, 0.1) is 0 Å². The van der Waals surface area contributed by atoms with E-state index in [2.05, 4.69) is 31.9 Å². The van der Waals surface area contributed by atoms with Gasteiger partial charge in [0.15, 0.2) is 0 Å². The van der Waals surface area contributed by atoms with E-state index in [0.717, 1.165) is 22.3 Å². The Hall–Kier alpha value is -6.38. The Bertz CT molecular complexity index is 2150. The number of hydrogen-bond acceptors (Lipinski definition) is 8. The molecule has 0 aliphatic carbocycles. The van der Waals surface area contributed by atoms with Gasteiger partial charge in [-0.2, -0.15) is 0 Å². The van der Waals surface area contributed by atoms with E-state index in [1.54, 1.807) is 37.7 Å². The molecule has 0 saturated heterocycles. The van der Waals surface area contributed by atoms with Crippen LogP contribution in [-0.2, 0) is 41.6 Å². The highest BCUT2D eigenvalue weighted by Crippen LogP contribution is 2.35. The first kappa shape index (κ1) is 49.1. The van der Waals surface area contributed by atoms with E-state index in [4.69, 9.17) is 0 Å². The van der Waals surface area contributed by atoms with E-state index in [1.165, 1.54) is 0 Å². The van der Waals surface area contributed by atoms with E-state index in [1.807, 2.05) is 123 Å². The molecule has 4 aromatic rings. The molecule has 0 fully saturated rings. The van der Waals surface area contributed by atoms with Crippen molar-refractivity contribution >= 4 is 46.8 Å². The second kappa shape index (κ2) is 23.2. The van der Waals surface area contributed by atoms with Crippen molar-refractivity contribution in [1.82, 2.24) is 31.9 Å². The summed E-state index contributed by atoms with van der Waals surface area (Å²) in [6, 6.07) is 29.1. The van der Waals surface area contributed by atoms with Crippen molar-refractivity contribution in [2.75, 3.05) is 23.9 Å². The molecule has 0 radical (unpaired) electrons. The number of para-hydroxylation sites is 2. The molecule has 4 aromatic carbocycles. The van der Waals surface area contributed by atoms with Gasteiger partial charge >= 0.3 is 0 Å². The van der Waals surface area contributed by atoms with Gasteiger partial charge in [0.05, 0.1) is 24.2 Å². The molecular weight excluding hydrogens is 833 g/mol. The lowest BCUT2D eigenvalue weighted by Crippen LogP contribution is -2.56. The number of fused-ring (bicyclic) bond motifs is 2. The average molecular weight is 899 g/mol. The number of rotatable bonds is 21. The van der Waals surface area contributed by atoms with Crippen LogP contribution < -0.4 is 41.7 Å². The summed E-state index contributed by atoms with van der Waals surface area (Å²) in [4.78, 5) is 87.2. The Balaban J connectivity index is 1.14. The summed E-state index contributed by atoms with van der Waals surface area (Å²) in [6.07, 6.45) is 3.75. The topological polar surface area (TPSA) is 181 Å². The molecule has 0 bridgehead atoms. The van der Waals surface area contributed by atoms with Gasteiger partial charge in [0, 0.05) is 24.2 Å². The van der Waals surface area contributed by atoms with Gasteiger partial charge in [-0.25, -0.2) is 0 Å². The predicted octanol–water partition coefficient (Wildman–Crippen LogP) is 5.18. The van der Waals surface area contributed by atoms with Gasteiger partial charge in [0.25, 0.3) is 0 Å². The summed E-state index contributed by atoms with van der Waals surface area (Å²) >= 11 is 0. The number of carbonyl (C=O) groups is 6. The maximum absolute atomic E-state index is 14.7. The number of likely N-dealkylation sites (N-methyl/N-ethyl adjacent to an activating group) is 2. The molecule has 0 spiro atoms. The first-order valence-corrected chi connectivity index (χ1v) is 23.3. The molecule has 0 unspecified atom stereocenters. The van der Waals surface area contributed by atoms with Crippen molar-refractivity contribution < 1.29 is 28.8 Å². The maximum Gasteiger partial charge on any atom is 0.250 e. The Morgan fingerprint density at radius 1 is 0.485 bits per heavy atom. The number of hydrogen-bond donors (Lipinski definition) is 6. The molecule has 2 heterocycles. The van der Waals surface area contributed by atoms with E-state index in [0.29, 0.717) is 62.7 Å². The lowest BCUT2D eigenvalue weighted by atomic mass is 10.0. The van der Waals surface area contributed by atoms with Crippen LogP contribution in [0.2, 0.25) is 0 Å². The fourth-order valence-electron chi connectivity index (χ4n) is 8.76. The number of nitrogens with one attached hydrogen (secondary N) is 6. The molecule has 2 aliphatic heterocycles. The van der Waals surface area contributed by atoms with Crippen LogP contribution in [0.1, 0.15) is 101 Å². The minimum Gasteiger partial charge on any atom is -0.348 e. The Labute approximate surface area is 389 Å². The van der Waals surface area contributed by atoms with Crippen molar-refractivity contribution in [2.45, 2.75) is 127 Å². The SMILES string of the molecule is CN[C@@H](C)C(=O)N[C@@H](CCCCCC[C@H](NC(=O)[C@H](C)NC)C(=O)N1c2ccccc2C[C@H]1C(=O)N[C@H](C)c1ccccc1)C(=O)N1c2ccccc2C[C@H]1C(=O)N[C@H](C)c1ccccc1. The monoisotopic (exact) mass is 899 g/mol. The normalized spacial score (nSPS) is 17.8. The number of unbranched alkanes of at least 4 members (excludes halogenated alkanes) is 3. The maximum atomic E-state index is 14.7. The number of benzene rings is 4. The summed E-state index contributed by atoms with van der Waals surface area (Å²) in [7, 11) is 3.35. The van der Waals surface area contributed by atoms with E-state index in [-0.39, 0.29) is 47.5 Å². The Kier molecular flexibility index (Phi) is 17.2. The zero-order valence-electron chi connectivity index (χ0n) is 39.0. The van der Waals surface area contributed by atoms with Gasteiger partial charge in [-0.3, -0.25) is 38.6 Å². The highest BCUT2D eigenvalue weighted by atomic mass is 16.2. The third-order valence-electron chi connectivity index (χ3n) is 13.0. The largest absolute Gasteiger partial charge is 0.348 e. The number of nitrogens with zero attached hydrogens (tertiary/aromatic N) is 2. The molecule has 8 atom stereocenters. The Morgan fingerprint density at radius 3 is 1.20 bits per heavy atom. The lowest BCUT2D eigenvalue weighted by Gasteiger charge is -2.31. The first-order chi connectivity index (χ1) is 31.8. The van der Waals surface area contributed by atoms with Crippen molar-refractivity contribution in [3.8, 4) is 0 Å². The quantitative estimate of drug-likeness (QED) is 0.0619. The third kappa shape index (κ3) is 11.9. The molecular formula is C52H66N8O6. The fourth-order valence-corrected chi connectivity index (χ4v) is 8.76. The van der Waals surface area contributed by atoms with Gasteiger partial charge in [0.2, 0.25) is 35.4 Å². The van der Waals surface area contributed by atoms with E-state index < -0.39 is 36.3 Å². The standard InChI is InChI=1S/C52H66N8O6/c1-33(37-21-11-9-12-22-37)55-49(63)45-31-39-25-17-19-29-43(39)59(45)51(65)41(57-47(61)35(3)53-5)27-15-7-8-16-28-42(58-48(62)36(4)54-6)52(66)60-44-30-20-18-26-40(44)32-46(60)50(64)56-34(2)38-23-13-10-14-24-38/h9-14,17-26,29-30,33-36,41-42,45-46,53-54H,7-8,15-16,27-28,31-32H2,1-6H3,(H,55,63)(H,56,64)(H,57,61)(H,58,62)/t33-,34-,35+,36+,41+,42+,45+,46+/m1/s1. The van der Waals surface area contributed by atoms with Crippen molar-refractivity contribution in [1.29, 1.82) is 0 Å². The molecule has 6 amide bonds. The molecule has 14 nitrogen and oxygen atoms in total. The van der Waals surface area contributed by atoms with Crippen molar-refractivity contribution in [3.63, 3.8) is 0 Å². The highest BCUT2D eigenvalue weighted by Gasteiger charge is 2.43. The lowest BCUT2D eigenvalue weighted by molar-refractivity contribution is -0.130. The molecule has 14 heteroatoms. The average Bonchev–Trinajstić information content (AvgIpc) is 3.93. The zero-order valence-corrected chi connectivity index (χ0v) is 39.0. The molecule has 350 valence electrons. The molecule has 2 aliphatic rings. The minimum atomic E-state index is -0.916. The van der Waals surface area contributed by atoms with E-state index >= 15 is 0 Å². The second-order valence-corrected chi connectivity index (χ2v) is 17.5. The summed E-state index contributed by atoms with van der Waals surface area (Å²) in [5.74, 6) is -1.95. The van der Waals surface area contributed by atoms with Crippen molar-refractivity contribution in [3.05, 3.63) is 131 Å². The Morgan fingerprint density at radius 2 is 0.833 bits per heavy atom. The fraction of sp³-hybridized carbons (Fsp3) is 0.423. The molecule has 66 heavy (non-hydrogen) atoms. The summed E-state index contributed by atoms with van der Waals surface area (Å²) < 4.78 is 0. The summed E-state index contributed by atoms with van der Waals surface area (Å²) in [6.45, 7) is 7.26. The number of anilines is 2.